The van der Waals surface area contributed by atoms with E-state index < -0.39 is 0 Å². The number of carbonyl (C=O) groups excluding carboxylic acids is 1. The van der Waals surface area contributed by atoms with Crippen molar-refractivity contribution >= 4 is 46.0 Å². The standard InChI is InChI=1S/C26H23NO3S2/c1-3-29-23-15-20(11-14-22(23)30-17-19-7-5-4-6-8-19)16-24-25(28)27(26(31)32-24)21-12-9-18(2)10-13-21/h4-16H,3,17H2,1-2H3/b24-16+. The molecule has 0 unspecified atom stereocenters. The van der Waals surface area contributed by atoms with Crippen molar-refractivity contribution in [1.82, 2.24) is 0 Å². The highest BCUT2D eigenvalue weighted by molar-refractivity contribution is 8.27. The molecule has 4 rings (SSSR count). The Morgan fingerprint density at radius 1 is 0.969 bits per heavy atom. The van der Waals surface area contributed by atoms with Crippen LogP contribution in [-0.4, -0.2) is 16.8 Å². The first-order valence-corrected chi connectivity index (χ1v) is 11.6. The molecule has 6 heteroatoms. The molecule has 0 bridgehead atoms. The summed E-state index contributed by atoms with van der Waals surface area (Å²) < 4.78 is 12.3. The van der Waals surface area contributed by atoms with Crippen molar-refractivity contribution in [2.75, 3.05) is 11.5 Å². The molecule has 0 radical (unpaired) electrons. The van der Waals surface area contributed by atoms with Gasteiger partial charge in [-0.25, -0.2) is 0 Å². The smallest absolute Gasteiger partial charge is 0.270 e. The van der Waals surface area contributed by atoms with Crippen LogP contribution in [0, 0.1) is 6.92 Å². The Hall–Kier alpha value is -3.09. The number of amides is 1. The number of hydrogen-bond donors (Lipinski definition) is 0. The van der Waals surface area contributed by atoms with E-state index in [1.807, 2.05) is 92.7 Å². The number of anilines is 1. The Balaban J connectivity index is 1.55. The molecule has 0 aliphatic carbocycles. The van der Waals surface area contributed by atoms with E-state index in [1.54, 1.807) is 4.90 Å². The third-order valence-corrected chi connectivity index (χ3v) is 6.19. The second-order valence-electron chi connectivity index (χ2n) is 7.27. The number of rotatable bonds is 7. The van der Waals surface area contributed by atoms with Gasteiger partial charge in [0.05, 0.1) is 17.2 Å². The van der Waals surface area contributed by atoms with Crippen LogP contribution in [0.3, 0.4) is 0 Å². The van der Waals surface area contributed by atoms with Crippen molar-refractivity contribution in [2.45, 2.75) is 20.5 Å². The zero-order valence-electron chi connectivity index (χ0n) is 17.9. The highest BCUT2D eigenvalue weighted by atomic mass is 32.2. The summed E-state index contributed by atoms with van der Waals surface area (Å²) in [5.41, 5.74) is 3.85. The summed E-state index contributed by atoms with van der Waals surface area (Å²) in [6.45, 7) is 4.91. The molecule has 1 aliphatic heterocycles. The summed E-state index contributed by atoms with van der Waals surface area (Å²) in [6, 6.07) is 23.4. The lowest BCUT2D eigenvalue weighted by atomic mass is 10.1. The largest absolute Gasteiger partial charge is 0.490 e. The second-order valence-corrected chi connectivity index (χ2v) is 8.94. The van der Waals surface area contributed by atoms with E-state index in [0.29, 0.717) is 33.9 Å². The van der Waals surface area contributed by atoms with Gasteiger partial charge in [0.25, 0.3) is 5.91 Å². The lowest BCUT2D eigenvalue weighted by Gasteiger charge is -2.14. The number of aryl methyl sites for hydroxylation is 1. The van der Waals surface area contributed by atoms with Gasteiger partial charge >= 0.3 is 0 Å². The van der Waals surface area contributed by atoms with E-state index in [4.69, 9.17) is 21.7 Å². The monoisotopic (exact) mass is 461 g/mol. The Labute approximate surface area is 197 Å². The fourth-order valence-corrected chi connectivity index (χ4v) is 4.57. The van der Waals surface area contributed by atoms with Gasteiger partial charge in [-0.2, -0.15) is 0 Å². The van der Waals surface area contributed by atoms with Crippen molar-refractivity contribution in [1.29, 1.82) is 0 Å². The van der Waals surface area contributed by atoms with Crippen LogP contribution in [0.15, 0.2) is 77.7 Å². The first kappa shape index (κ1) is 22.1. The minimum Gasteiger partial charge on any atom is -0.490 e. The lowest BCUT2D eigenvalue weighted by Crippen LogP contribution is -2.27. The molecule has 1 heterocycles. The van der Waals surface area contributed by atoms with Gasteiger partial charge in [-0.05, 0) is 55.3 Å². The fraction of sp³-hybridized carbons (Fsp3) is 0.154. The zero-order valence-corrected chi connectivity index (χ0v) is 19.5. The van der Waals surface area contributed by atoms with Gasteiger partial charge in [0.1, 0.15) is 6.61 Å². The minimum atomic E-state index is -0.119. The van der Waals surface area contributed by atoms with Gasteiger partial charge in [0.15, 0.2) is 15.8 Å². The van der Waals surface area contributed by atoms with Crippen LogP contribution >= 0.6 is 24.0 Å². The predicted octanol–water partition coefficient (Wildman–Crippen LogP) is 6.38. The van der Waals surface area contributed by atoms with Crippen LogP contribution in [0.5, 0.6) is 11.5 Å². The van der Waals surface area contributed by atoms with E-state index >= 15 is 0 Å². The molecule has 0 saturated carbocycles. The maximum Gasteiger partial charge on any atom is 0.270 e. The summed E-state index contributed by atoms with van der Waals surface area (Å²) in [6.07, 6.45) is 1.84. The van der Waals surface area contributed by atoms with E-state index in [2.05, 4.69) is 0 Å². The number of ether oxygens (including phenoxy) is 2. The Morgan fingerprint density at radius 3 is 2.44 bits per heavy atom. The average Bonchev–Trinajstić information content (AvgIpc) is 3.07. The first-order valence-electron chi connectivity index (χ1n) is 10.3. The topological polar surface area (TPSA) is 38.8 Å². The molecule has 3 aromatic carbocycles. The van der Waals surface area contributed by atoms with Gasteiger partial charge in [-0.1, -0.05) is 78.1 Å². The molecular weight excluding hydrogens is 438 g/mol. The maximum atomic E-state index is 13.0. The number of benzene rings is 3. The van der Waals surface area contributed by atoms with E-state index in [9.17, 15) is 4.79 Å². The number of carbonyl (C=O) groups is 1. The highest BCUT2D eigenvalue weighted by Gasteiger charge is 2.33. The Morgan fingerprint density at radius 2 is 1.72 bits per heavy atom. The third kappa shape index (κ3) is 5.03. The van der Waals surface area contributed by atoms with Crippen LogP contribution < -0.4 is 14.4 Å². The van der Waals surface area contributed by atoms with Gasteiger partial charge < -0.3 is 9.47 Å². The van der Waals surface area contributed by atoms with Gasteiger partial charge in [0.2, 0.25) is 0 Å². The minimum absolute atomic E-state index is 0.119. The van der Waals surface area contributed by atoms with E-state index in [-0.39, 0.29) is 5.91 Å². The van der Waals surface area contributed by atoms with Crippen LogP contribution in [0.2, 0.25) is 0 Å². The van der Waals surface area contributed by atoms with Crippen LogP contribution in [0.4, 0.5) is 5.69 Å². The van der Waals surface area contributed by atoms with Crippen LogP contribution in [-0.2, 0) is 11.4 Å². The molecule has 1 saturated heterocycles. The summed E-state index contributed by atoms with van der Waals surface area (Å²) in [5.74, 6) is 1.19. The quantitative estimate of drug-likeness (QED) is 0.302. The molecule has 162 valence electrons. The second kappa shape index (κ2) is 10.0. The van der Waals surface area contributed by atoms with Gasteiger partial charge in [-0.15, -0.1) is 0 Å². The summed E-state index contributed by atoms with van der Waals surface area (Å²) in [7, 11) is 0. The van der Waals surface area contributed by atoms with Crippen molar-refractivity contribution in [3.63, 3.8) is 0 Å². The molecule has 0 aromatic heterocycles. The number of thiocarbonyl (C=S) groups is 1. The third-order valence-electron chi connectivity index (χ3n) is 4.89. The average molecular weight is 462 g/mol. The van der Waals surface area contributed by atoms with E-state index in [0.717, 1.165) is 22.4 Å². The molecule has 3 aromatic rings. The SMILES string of the molecule is CCOc1cc(/C=C2/SC(=S)N(c3ccc(C)cc3)C2=O)ccc1OCc1ccccc1. The predicted molar refractivity (Wildman–Crippen MR) is 135 cm³/mol. The molecule has 0 spiro atoms. The molecule has 0 N–H and O–H groups in total. The van der Waals surface area contributed by atoms with Crippen LogP contribution in [0.25, 0.3) is 6.08 Å². The summed E-state index contributed by atoms with van der Waals surface area (Å²) in [4.78, 5) is 15.2. The summed E-state index contributed by atoms with van der Waals surface area (Å²) >= 11 is 6.78. The fourth-order valence-electron chi connectivity index (χ4n) is 3.27. The molecular formula is C26H23NO3S2. The normalized spacial score (nSPS) is 14.8. The lowest BCUT2D eigenvalue weighted by molar-refractivity contribution is -0.113. The van der Waals surface area contributed by atoms with Crippen LogP contribution in [0.1, 0.15) is 23.6 Å². The van der Waals surface area contributed by atoms with Crippen molar-refractivity contribution in [3.8, 4) is 11.5 Å². The van der Waals surface area contributed by atoms with Crippen molar-refractivity contribution in [2.24, 2.45) is 0 Å². The molecule has 1 fully saturated rings. The van der Waals surface area contributed by atoms with Crippen molar-refractivity contribution in [3.05, 3.63) is 94.4 Å². The number of thioether (sulfide) groups is 1. The van der Waals surface area contributed by atoms with E-state index in [1.165, 1.54) is 11.8 Å². The Bertz CT molecular complexity index is 1160. The molecule has 0 atom stereocenters. The van der Waals surface area contributed by atoms with Gasteiger partial charge in [-0.3, -0.25) is 9.69 Å². The molecule has 4 nitrogen and oxygen atoms in total. The highest BCUT2D eigenvalue weighted by Crippen LogP contribution is 2.37. The first-order chi connectivity index (χ1) is 15.5. The number of nitrogens with zero attached hydrogens (tertiary/aromatic N) is 1. The number of hydrogen-bond acceptors (Lipinski definition) is 5. The summed E-state index contributed by atoms with van der Waals surface area (Å²) in [5, 5.41) is 0. The molecule has 1 aliphatic rings. The van der Waals surface area contributed by atoms with Crippen molar-refractivity contribution < 1.29 is 14.3 Å². The Kier molecular flexibility index (Phi) is 6.93. The molecule has 1 amide bonds. The van der Waals surface area contributed by atoms with Gasteiger partial charge in [0, 0.05) is 0 Å². The zero-order chi connectivity index (χ0) is 22.5. The molecule has 32 heavy (non-hydrogen) atoms. The maximum absolute atomic E-state index is 13.0.